The van der Waals surface area contributed by atoms with Gasteiger partial charge in [-0.2, -0.15) is 0 Å². The molecule has 0 saturated heterocycles. The number of amidine groups is 1. The van der Waals surface area contributed by atoms with E-state index in [1.54, 1.807) is 28.8 Å². The van der Waals surface area contributed by atoms with E-state index in [1.165, 1.54) is 6.07 Å². The van der Waals surface area contributed by atoms with Gasteiger partial charge in [0.2, 0.25) is 0 Å². The maximum Gasteiger partial charge on any atom is 0.185 e. The molecule has 3 N–H and O–H groups in total. The van der Waals surface area contributed by atoms with Gasteiger partial charge < -0.3 is 5.73 Å². The lowest BCUT2D eigenvalue weighted by Gasteiger charge is -2.07. The average Bonchev–Trinajstić information content (AvgIpc) is 3.05. The second-order valence-electron chi connectivity index (χ2n) is 5.71. The van der Waals surface area contributed by atoms with Crippen molar-refractivity contribution >= 4 is 27.4 Å². The molecule has 128 valence electrons. The summed E-state index contributed by atoms with van der Waals surface area (Å²) < 4.78 is 16.7. The van der Waals surface area contributed by atoms with E-state index in [1.807, 2.05) is 30.3 Å². The van der Waals surface area contributed by atoms with Crippen molar-refractivity contribution in [1.29, 1.82) is 5.41 Å². The lowest BCUT2D eigenvalue weighted by molar-refractivity contribution is 0.630. The number of nitrogen functional groups attached to an aromatic ring is 1. The summed E-state index contributed by atoms with van der Waals surface area (Å²) in [4.78, 5) is 4.45. The van der Waals surface area contributed by atoms with Crippen LogP contribution in [-0.4, -0.2) is 20.4 Å². The highest BCUT2D eigenvalue weighted by atomic mass is 79.9. The summed E-state index contributed by atoms with van der Waals surface area (Å²) in [6.07, 6.45) is 0. The molecule has 0 aliphatic rings. The number of fused-ring (bicyclic) bond motifs is 1. The maximum atomic E-state index is 14.2. The monoisotopic (exact) mass is 409 g/mol. The smallest absolute Gasteiger partial charge is 0.185 e. The molecule has 0 fully saturated rings. The van der Waals surface area contributed by atoms with Gasteiger partial charge in [-0.15, -0.1) is 5.10 Å². The molecule has 26 heavy (non-hydrogen) atoms. The number of pyridine rings is 1. The van der Waals surface area contributed by atoms with E-state index in [0.717, 1.165) is 15.7 Å². The van der Waals surface area contributed by atoms with Gasteiger partial charge in [-0.3, -0.25) is 5.41 Å². The Kier molecular flexibility index (Phi) is 4.00. The van der Waals surface area contributed by atoms with E-state index in [-0.39, 0.29) is 11.7 Å². The topological polar surface area (TPSA) is 80.1 Å². The predicted molar refractivity (Wildman–Crippen MR) is 103 cm³/mol. The fourth-order valence-electron chi connectivity index (χ4n) is 2.79. The van der Waals surface area contributed by atoms with Crippen LogP contribution in [0.25, 0.3) is 28.3 Å². The van der Waals surface area contributed by atoms with E-state index in [4.69, 9.17) is 11.1 Å². The molecule has 0 saturated carbocycles. The fourth-order valence-corrected chi connectivity index (χ4v) is 3.19. The minimum atomic E-state index is -0.406. The van der Waals surface area contributed by atoms with Crippen molar-refractivity contribution in [3.05, 3.63) is 76.5 Å². The second-order valence-corrected chi connectivity index (χ2v) is 6.62. The second kappa shape index (κ2) is 6.34. The fraction of sp³-hybridized carbons (Fsp3) is 0. The molecule has 0 radical (unpaired) electrons. The van der Waals surface area contributed by atoms with Crippen LogP contribution in [0.3, 0.4) is 0 Å². The quantitative estimate of drug-likeness (QED) is 0.392. The molecule has 5 nitrogen and oxygen atoms in total. The number of halogens is 2. The lowest BCUT2D eigenvalue weighted by atomic mass is 10.1. The van der Waals surface area contributed by atoms with Crippen molar-refractivity contribution in [3.8, 4) is 22.6 Å². The standard InChI is InChI=1S/C19H13BrFN5/c20-12-5-3-4-11(10-12)16-9-8-14(17(22)23)19-24-18(25-26(16)19)13-6-1-2-7-15(13)21/h1-10H,(H3,22,23). The van der Waals surface area contributed by atoms with Gasteiger partial charge in [0.1, 0.15) is 11.7 Å². The average molecular weight is 410 g/mol. The van der Waals surface area contributed by atoms with Gasteiger partial charge in [-0.1, -0.05) is 40.2 Å². The van der Waals surface area contributed by atoms with E-state index in [0.29, 0.717) is 16.8 Å². The third-order valence-electron chi connectivity index (χ3n) is 4.01. The summed E-state index contributed by atoms with van der Waals surface area (Å²) in [6, 6.07) is 17.6. The number of benzene rings is 2. The Morgan fingerprint density at radius 3 is 2.62 bits per heavy atom. The van der Waals surface area contributed by atoms with Gasteiger partial charge in [0.25, 0.3) is 0 Å². The van der Waals surface area contributed by atoms with Gasteiger partial charge >= 0.3 is 0 Å². The van der Waals surface area contributed by atoms with Crippen LogP contribution in [0.5, 0.6) is 0 Å². The minimum absolute atomic E-state index is 0.122. The van der Waals surface area contributed by atoms with Crippen LogP contribution < -0.4 is 5.73 Å². The molecule has 0 aliphatic carbocycles. The molecule has 4 rings (SSSR count). The highest BCUT2D eigenvalue weighted by molar-refractivity contribution is 9.10. The van der Waals surface area contributed by atoms with Crippen molar-refractivity contribution < 1.29 is 4.39 Å². The zero-order chi connectivity index (χ0) is 18.3. The van der Waals surface area contributed by atoms with Crippen LogP contribution in [-0.2, 0) is 0 Å². The summed E-state index contributed by atoms with van der Waals surface area (Å²) in [6.45, 7) is 0. The SMILES string of the molecule is N=C(N)c1ccc(-c2cccc(Br)c2)n2nc(-c3ccccc3F)nc12. The van der Waals surface area contributed by atoms with E-state index >= 15 is 0 Å². The molecule has 0 amide bonds. The minimum Gasteiger partial charge on any atom is -0.384 e. The first-order chi connectivity index (χ1) is 12.5. The Hall–Kier alpha value is -3.06. The van der Waals surface area contributed by atoms with Crippen molar-refractivity contribution in [2.75, 3.05) is 0 Å². The number of rotatable bonds is 3. The number of nitrogens with one attached hydrogen (secondary N) is 1. The van der Waals surface area contributed by atoms with Crippen molar-refractivity contribution in [2.45, 2.75) is 0 Å². The number of nitrogens with two attached hydrogens (primary N) is 1. The molecule has 2 aromatic heterocycles. The normalized spacial score (nSPS) is 11.0. The third kappa shape index (κ3) is 2.76. The van der Waals surface area contributed by atoms with Crippen LogP contribution in [0.4, 0.5) is 4.39 Å². The first kappa shape index (κ1) is 16.4. The Morgan fingerprint density at radius 1 is 1.08 bits per heavy atom. The first-order valence-electron chi connectivity index (χ1n) is 7.79. The van der Waals surface area contributed by atoms with Gasteiger partial charge in [-0.25, -0.2) is 13.9 Å². The summed E-state index contributed by atoms with van der Waals surface area (Å²) in [5.41, 5.74) is 8.51. The number of hydrogen-bond acceptors (Lipinski definition) is 3. The molecule has 2 aromatic carbocycles. The van der Waals surface area contributed by atoms with E-state index in [2.05, 4.69) is 26.0 Å². The molecule has 7 heteroatoms. The van der Waals surface area contributed by atoms with Crippen molar-refractivity contribution in [3.63, 3.8) is 0 Å². The Balaban J connectivity index is 2.02. The van der Waals surface area contributed by atoms with Gasteiger partial charge in [0.15, 0.2) is 11.5 Å². The first-order valence-corrected chi connectivity index (χ1v) is 8.59. The van der Waals surface area contributed by atoms with Crippen molar-refractivity contribution in [1.82, 2.24) is 14.6 Å². The van der Waals surface area contributed by atoms with Gasteiger partial charge in [0.05, 0.1) is 16.8 Å². The van der Waals surface area contributed by atoms with Crippen LogP contribution in [0, 0.1) is 11.2 Å². The molecule has 4 aromatic rings. The number of hydrogen-bond donors (Lipinski definition) is 2. The predicted octanol–water partition coefficient (Wildman–Crippen LogP) is 4.25. The molecule has 2 heterocycles. The highest BCUT2D eigenvalue weighted by Gasteiger charge is 2.17. The molecule has 0 unspecified atom stereocenters. The Labute approximate surface area is 156 Å². The van der Waals surface area contributed by atoms with Crippen LogP contribution >= 0.6 is 15.9 Å². The molecule has 0 spiro atoms. The Morgan fingerprint density at radius 2 is 1.88 bits per heavy atom. The number of nitrogens with zero attached hydrogens (tertiary/aromatic N) is 3. The lowest BCUT2D eigenvalue weighted by Crippen LogP contribution is -2.13. The Bertz CT molecular complexity index is 1150. The van der Waals surface area contributed by atoms with Gasteiger partial charge in [-0.05, 0) is 36.4 Å². The van der Waals surface area contributed by atoms with Crippen LogP contribution in [0.1, 0.15) is 5.56 Å². The zero-order valence-electron chi connectivity index (χ0n) is 13.4. The summed E-state index contributed by atoms with van der Waals surface area (Å²) in [5, 5.41) is 12.3. The highest BCUT2D eigenvalue weighted by Crippen LogP contribution is 2.27. The summed E-state index contributed by atoms with van der Waals surface area (Å²) in [7, 11) is 0. The molecule has 0 atom stereocenters. The maximum absolute atomic E-state index is 14.2. The molecular weight excluding hydrogens is 397 g/mol. The van der Waals surface area contributed by atoms with Crippen LogP contribution in [0.15, 0.2) is 65.1 Å². The molecule has 0 bridgehead atoms. The van der Waals surface area contributed by atoms with Gasteiger partial charge in [0, 0.05) is 10.0 Å². The van der Waals surface area contributed by atoms with E-state index < -0.39 is 5.82 Å². The largest absolute Gasteiger partial charge is 0.384 e. The molecule has 0 aliphatic heterocycles. The third-order valence-corrected chi connectivity index (χ3v) is 4.50. The van der Waals surface area contributed by atoms with Crippen LogP contribution in [0.2, 0.25) is 0 Å². The van der Waals surface area contributed by atoms with Crippen molar-refractivity contribution in [2.24, 2.45) is 5.73 Å². The summed E-state index contributed by atoms with van der Waals surface area (Å²) in [5.74, 6) is -0.284. The van der Waals surface area contributed by atoms with E-state index in [9.17, 15) is 4.39 Å². The summed E-state index contributed by atoms with van der Waals surface area (Å²) >= 11 is 3.46. The molecular formula is C19H13BrFN5. The zero-order valence-corrected chi connectivity index (χ0v) is 15.0. The number of aromatic nitrogens is 3.